The predicted octanol–water partition coefficient (Wildman–Crippen LogP) is 3.55. The molecule has 0 aliphatic carbocycles. The topological polar surface area (TPSA) is 124 Å². The second kappa shape index (κ2) is 9.80. The highest BCUT2D eigenvalue weighted by Gasteiger charge is 2.49. The van der Waals surface area contributed by atoms with Crippen LogP contribution in [0, 0.1) is 11.7 Å². The molecule has 4 aromatic rings. The van der Waals surface area contributed by atoms with Crippen LogP contribution < -0.4 is 10.1 Å². The Labute approximate surface area is 205 Å². The molecule has 10 nitrogen and oxygen atoms in total. The fourth-order valence-electron chi connectivity index (χ4n) is 3.74. The van der Waals surface area contributed by atoms with Gasteiger partial charge in [0.25, 0.3) is 5.91 Å². The number of nitrogens with zero attached hydrogens (tertiary/aromatic N) is 4. The molecule has 0 radical (unpaired) electrons. The van der Waals surface area contributed by atoms with Crippen LogP contribution in [0.5, 0.6) is 6.01 Å². The molecule has 1 fully saturated rings. The fraction of sp³-hybridized carbons (Fsp3) is 0.240. The first kappa shape index (κ1) is 23.5. The lowest BCUT2D eigenvalue weighted by Gasteiger charge is -2.36. The molecule has 0 spiro atoms. The van der Waals surface area contributed by atoms with Crippen molar-refractivity contribution in [3.63, 3.8) is 0 Å². The molecule has 0 saturated carbocycles. The Kier molecular flexibility index (Phi) is 6.40. The third-order valence-corrected chi connectivity index (χ3v) is 5.57. The van der Waals surface area contributed by atoms with Gasteiger partial charge in [-0.2, -0.15) is 4.98 Å². The third-order valence-electron chi connectivity index (χ3n) is 5.57. The van der Waals surface area contributed by atoms with E-state index in [1.54, 1.807) is 36.5 Å². The van der Waals surface area contributed by atoms with Gasteiger partial charge in [-0.1, -0.05) is 6.92 Å². The summed E-state index contributed by atoms with van der Waals surface area (Å²) in [5, 5.41) is 2.79. The van der Waals surface area contributed by atoms with Crippen LogP contribution in [-0.2, 0) is 20.1 Å². The molecule has 1 aliphatic rings. The summed E-state index contributed by atoms with van der Waals surface area (Å²) < 4.78 is 30.9. The summed E-state index contributed by atoms with van der Waals surface area (Å²) in [7, 11) is 1.46. The second-order valence-electron chi connectivity index (χ2n) is 8.28. The highest BCUT2D eigenvalue weighted by molar-refractivity contribution is 5.96. The van der Waals surface area contributed by atoms with Crippen LogP contribution in [0.25, 0.3) is 22.6 Å². The molecule has 0 atom stereocenters. The molecular formula is C25H23FN6O4. The highest BCUT2D eigenvalue weighted by Crippen LogP contribution is 2.37. The van der Waals surface area contributed by atoms with E-state index < -0.39 is 11.7 Å². The van der Waals surface area contributed by atoms with Crippen LogP contribution in [0.3, 0.4) is 0 Å². The molecular weight excluding hydrogens is 467 g/mol. The molecule has 0 unspecified atom stereocenters. The number of aromatic nitrogens is 5. The maximum absolute atomic E-state index is 13.7. The molecule has 1 amide bonds. The smallest absolute Gasteiger partial charge is 0.316 e. The number of amides is 1. The SMILES string of the molecule is COc1nccc(-c2[nH]c(C3(C(=O)Nc4cccnc4)OCC(C)CO3)nc2-c2ccc(F)cc2)n1. The fourth-order valence-corrected chi connectivity index (χ4v) is 3.74. The van der Waals surface area contributed by atoms with E-state index in [9.17, 15) is 9.18 Å². The van der Waals surface area contributed by atoms with E-state index in [1.165, 1.54) is 31.6 Å². The Morgan fingerprint density at radius 1 is 1.14 bits per heavy atom. The quantitative estimate of drug-likeness (QED) is 0.421. The number of H-pyrrole nitrogens is 1. The predicted molar refractivity (Wildman–Crippen MR) is 127 cm³/mol. The number of rotatable bonds is 6. The van der Waals surface area contributed by atoms with Crippen molar-refractivity contribution in [3.05, 3.63) is 72.7 Å². The second-order valence-corrected chi connectivity index (χ2v) is 8.28. The molecule has 184 valence electrons. The number of pyridine rings is 1. The van der Waals surface area contributed by atoms with Crippen LogP contribution in [0.2, 0.25) is 0 Å². The van der Waals surface area contributed by atoms with Gasteiger partial charge in [-0.25, -0.2) is 14.4 Å². The number of anilines is 1. The maximum Gasteiger partial charge on any atom is 0.316 e. The van der Waals surface area contributed by atoms with Crippen LogP contribution >= 0.6 is 0 Å². The Hall–Kier alpha value is -4.22. The summed E-state index contributed by atoms with van der Waals surface area (Å²) in [6, 6.07) is 11.1. The molecule has 5 rings (SSSR count). The minimum atomic E-state index is -1.87. The van der Waals surface area contributed by atoms with E-state index in [1.807, 2.05) is 6.92 Å². The lowest BCUT2D eigenvalue weighted by molar-refractivity contribution is -0.274. The van der Waals surface area contributed by atoms with Gasteiger partial charge in [0, 0.05) is 23.9 Å². The molecule has 4 heterocycles. The van der Waals surface area contributed by atoms with Gasteiger partial charge >= 0.3 is 11.8 Å². The number of hydrogen-bond donors (Lipinski definition) is 2. The van der Waals surface area contributed by atoms with Crippen molar-refractivity contribution in [1.82, 2.24) is 24.9 Å². The number of methoxy groups -OCH3 is 1. The van der Waals surface area contributed by atoms with E-state index >= 15 is 0 Å². The first-order chi connectivity index (χ1) is 17.5. The van der Waals surface area contributed by atoms with Crippen LogP contribution in [0.1, 0.15) is 12.7 Å². The van der Waals surface area contributed by atoms with Gasteiger partial charge in [0.15, 0.2) is 5.82 Å². The molecule has 1 saturated heterocycles. The lowest BCUT2D eigenvalue weighted by Crippen LogP contribution is -2.50. The number of ether oxygens (including phenoxy) is 3. The van der Waals surface area contributed by atoms with Crippen molar-refractivity contribution in [1.29, 1.82) is 0 Å². The Bertz CT molecular complexity index is 1350. The van der Waals surface area contributed by atoms with Gasteiger partial charge < -0.3 is 24.5 Å². The Morgan fingerprint density at radius 2 is 1.92 bits per heavy atom. The number of benzene rings is 1. The van der Waals surface area contributed by atoms with E-state index in [4.69, 9.17) is 19.2 Å². The summed E-state index contributed by atoms with van der Waals surface area (Å²) in [6.45, 7) is 2.49. The van der Waals surface area contributed by atoms with Crippen molar-refractivity contribution >= 4 is 11.6 Å². The van der Waals surface area contributed by atoms with E-state index in [0.29, 0.717) is 28.3 Å². The molecule has 1 aliphatic heterocycles. The van der Waals surface area contributed by atoms with Crippen LogP contribution in [0.4, 0.5) is 10.1 Å². The first-order valence-electron chi connectivity index (χ1n) is 11.2. The van der Waals surface area contributed by atoms with Gasteiger partial charge in [-0.05, 0) is 42.5 Å². The number of carbonyl (C=O) groups excluding carboxylic acids is 1. The Morgan fingerprint density at radius 3 is 2.61 bits per heavy atom. The number of carbonyl (C=O) groups is 1. The zero-order valence-electron chi connectivity index (χ0n) is 19.6. The molecule has 11 heteroatoms. The van der Waals surface area contributed by atoms with Crippen molar-refractivity contribution in [3.8, 4) is 28.7 Å². The molecule has 36 heavy (non-hydrogen) atoms. The molecule has 2 N–H and O–H groups in total. The van der Waals surface area contributed by atoms with Crippen LogP contribution in [-0.4, -0.2) is 51.2 Å². The van der Waals surface area contributed by atoms with Gasteiger partial charge in [0.05, 0.1) is 49.3 Å². The van der Waals surface area contributed by atoms with Gasteiger partial charge in [0.2, 0.25) is 0 Å². The minimum Gasteiger partial charge on any atom is -0.467 e. The van der Waals surface area contributed by atoms with Gasteiger partial charge in [-0.15, -0.1) is 0 Å². The van der Waals surface area contributed by atoms with Gasteiger partial charge in [0.1, 0.15) is 5.82 Å². The van der Waals surface area contributed by atoms with Crippen LogP contribution in [0.15, 0.2) is 61.1 Å². The summed E-state index contributed by atoms with van der Waals surface area (Å²) in [5.41, 5.74) is 2.39. The van der Waals surface area contributed by atoms with Gasteiger partial charge in [-0.3, -0.25) is 9.78 Å². The average molecular weight is 490 g/mol. The number of hydrogen-bond acceptors (Lipinski definition) is 8. The number of halogens is 1. The summed E-state index contributed by atoms with van der Waals surface area (Å²) >= 11 is 0. The van der Waals surface area contributed by atoms with Crippen molar-refractivity contribution in [2.24, 2.45) is 5.92 Å². The molecule has 1 aromatic carbocycles. The normalized spacial score (nSPS) is 19.6. The zero-order valence-corrected chi connectivity index (χ0v) is 19.6. The zero-order chi connectivity index (χ0) is 25.1. The minimum absolute atomic E-state index is 0.0708. The average Bonchev–Trinajstić information content (AvgIpc) is 3.36. The summed E-state index contributed by atoms with van der Waals surface area (Å²) in [6.07, 6.45) is 4.66. The molecule has 0 bridgehead atoms. The Balaban J connectivity index is 1.64. The monoisotopic (exact) mass is 490 g/mol. The maximum atomic E-state index is 13.7. The lowest BCUT2D eigenvalue weighted by atomic mass is 10.1. The molecule has 3 aromatic heterocycles. The van der Waals surface area contributed by atoms with Crippen molar-refractivity contribution in [2.45, 2.75) is 12.7 Å². The van der Waals surface area contributed by atoms with Crippen molar-refractivity contribution < 1.29 is 23.4 Å². The van der Waals surface area contributed by atoms with E-state index in [0.717, 1.165) is 0 Å². The first-order valence-corrected chi connectivity index (χ1v) is 11.2. The summed E-state index contributed by atoms with van der Waals surface area (Å²) in [4.78, 5) is 34.0. The van der Waals surface area contributed by atoms with E-state index in [2.05, 4.69) is 25.3 Å². The standard InChI is InChI=1S/C25H23FN6O4/c1-15-13-35-25(36-14-15,23(33)29-18-4-3-10-27-12-18)22-31-20(16-5-7-17(26)8-6-16)21(32-22)19-9-11-28-24(30-19)34-2/h3-12,15H,13-14H2,1-2H3,(H,29,33)(H,31,32). The highest BCUT2D eigenvalue weighted by atomic mass is 19.1. The van der Waals surface area contributed by atoms with Crippen molar-refractivity contribution in [2.75, 3.05) is 25.6 Å². The number of imidazole rings is 1. The van der Waals surface area contributed by atoms with E-state index in [-0.39, 0.29) is 36.8 Å². The number of nitrogens with one attached hydrogen (secondary N) is 2. The summed E-state index contributed by atoms with van der Waals surface area (Å²) in [5.74, 6) is -2.65. The largest absolute Gasteiger partial charge is 0.467 e. The third kappa shape index (κ3) is 4.53. The number of aromatic amines is 1.